The Morgan fingerprint density at radius 2 is 2.00 bits per heavy atom. The zero-order valence-corrected chi connectivity index (χ0v) is 18.1. The van der Waals surface area contributed by atoms with Crippen LogP contribution in [0.25, 0.3) is 6.08 Å². The smallest absolute Gasteiger partial charge is 0.284 e. The van der Waals surface area contributed by atoms with Gasteiger partial charge in [-0.3, -0.25) is 14.6 Å². The molecule has 9 heteroatoms. The van der Waals surface area contributed by atoms with Crippen molar-refractivity contribution in [1.29, 1.82) is 0 Å². The number of ether oxygens (including phenoxy) is 1. The summed E-state index contributed by atoms with van der Waals surface area (Å²) in [6.45, 7) is 6.18. The summed E-state index contributed by atoms with van der Waals surface area (Å²) in [5.41, 5.74) is 4.89. The van der Waals surface area contributed by atoms with Crippen molar-refractivity contribution < 1.29 is 34.8 Å². The molecule has 2 aromatic rings. The lowest BCUT2D eigenvalue weighted by molar-refractivity contribution is -0.193. The number of rotatable bonds is 9. The van der Waals surface area contributed by atoms with Gasteiger partial charge < -0.3 is 25.2 Å². The second-order valence-electron chi connectivity index (χ2n) is 7.70. The van der Waals surface area contributed by atoms with E-state index >= 15 is 0 Å². The van der Waals surface area contributed by atoms with E-state index in [-0.39, 0.29) is 6.73 Å². The molecule has 0 saturated carbocycles. The standard InChI is InChI=1S/C23H28N2O7/c1-4-17-6-5-15(9-24-17)7-16-8-18-22(14(3)13(16)2)31-12-25(23(18)30)32-11-20(28)21(29)19(27)10-26/h4-6,8-9,19-21,26-29H,1,7,10-12H2,2-3H3/t19?,20-,21-/m0/s1. The van der Waals surface area contributed by atoms with Gasteiger partial charge in [-0.2, -0.15) is 5.06 Å². The third-order valence-electron chi connectivity index (χ3n) is 5.56. The average molecular weight is 444 g/mol. The fraction of sp³-hybridized carbons (Fsp3) is 0.391. The molecule has 1 aromatic heterocycles. The highest BCUT2D eigenvalue weighted by atomic mass is 16.7. The first-order valence-electron chi connectivity index (χ1n) is 10.2. The Balaban J connectivity index is 1.77. The summed E-state index contributed by atoms with van der Waals surface area (Å²) in [6.07, 6.45) is -0.637. The van der Waals surface area contributed by atoms with Gasteiger partial charge in [-0.25, -0.2) is 0 Å². The first-order valence-corrected chi connectivity index (χ1v) is 10.2. The number of carbonyl (C=O) groups excluding carboxylic acids is 1. The molecule has 1 unspecified atom stereocenters. The van der Waals surface area contributed by atoms with Gasteiger partial charge in [0.2, 0.25) is 0 Å². The van der Waals surface area contributed by atoms with E-state index in [2.05, 4.69) is 11.6 Å². The van der Waals surface area contributed by atoms with Gasteiger partial charge in [-0.05, 0) is 60.7 Å². The molecule has 1 aliphatic rings. The zero-order chi connectivity index (χ0) is 23.4. The molecule has 0 radical (unpaired) electrons. The lowest BCUT2D eigenvalue weighted by Gasteiger charge is -2.31. The van der Waals surface area contributed by atoms with Crippen molar-refractivity contribution in [2.45, 2.75) is 38.6 Å². The largest absolute Gasteiger partial charge is 0.470 e. The normalized spacial score (nSPS) is 16.2. The molecule has 0 spiro atoms. The van der Waals surface area contributed by atoms with E-state index in [4.69, 9.17) is 14.7 Å². The summed E-state index contributed by atoms with van der Waals surface area (Å²) < 4.78 is 5.74. The Bertz CT molecular complexity index is 977. The number of hydrogen-bond donors (Lipinski definition) is 4. The number of hydroxylamine groups is 2. The number of nitrogens with zero attached hydrogens (tertiary/aromatic N) is 2. The van der Waals surface area contributed by atoms with Gasteiger partial charge in [-0.15, -0.1) is 0 Å². The van der Waals surface area contributed by atoms with Gasteiger partial charge in [0.05, 0.1) is 17.9 Å². The van der Waals surface area contributed by atoms with E-state index in [1.165, 1.54) is 0 Å². The summed E-state index contributed by atoms with van der Waals surface area (Å²) in [5, 5.41) is 38.9. The number of aliphatic hydroxyl groups excluding tert-OH is 4. The number of pyridine rings is 1. The second kappa shape index (κ2) is 10.2. The number of aromatic nitrogens is 1. The highest BCUT2D eigenvalue weighted by molar-refractivity contribution is 5.98. The Morgan fingerprint density at radius 3 is 2.62 bits per heavy atom. The van der Waals surface area contributed by atoms with Crippen molar-refractivity contribution in [2.24, 2.45) is 0 Å². The molecule has 0 aliphatic carbocycles. The van der Waals surface area contributed by atoms with Crippen LogP contribution >= 0.6 is 0 Å². The van der Waals surface area contributed by atoms with Crippen LogP contribution in [0.5, 0.6) is 5.75 Å². The molecular formula is C23H28N2O7. The first-order chi connectivity index (χ1) is 15.3. The monoisotopic (exact) mass is 444 g/mol. The summed E-state index contributed by atoms with van der Waals surface area (Å²) in [4.78, 5) is 22.6. The third-order valence-corrected chi connectivity index (χ3v) is 5.56. The first kappa shape index (κ1) is 23.8. The molecule has 4 N–H and O–H groups in total. The van der Waals surface area contributed by atoms with Gasteiger partial charge in [-0.1, -0.05) is 12.6 Å². The quantitative estimate of drug-likeness (QED) is 0.445. The van der Waals surface area contributed by atoms with Crippen LogP contribution in [0.2, 0.25) is 0 Å². The zero-order valence-electron chi connectivity index (χ0n) is 18.1. The Morgan fingerprint density at radius 1 is 1.25 bits per heavy atom. The maximum Gasteiger partial charge on any atom is 0.284 e. The maximum absolute atomic E-state index is 13.0. The minimum atomic E-state index is -1.62. The third kappa shape index (κ3) is 4.98. The summed E-state index contributed by atoms with van der Waals surface area (Å²) in [7, 11) is 0. The molecule has 3 rings (SSSR count). The summed E-state index contributed by atoms with van der Waals surface area (Å²) in [6, 6.07) is 5.59. The van der Waals surface area contributed by atoms with Crippen molar-refractivity contribution in [2.75, 3.05) is 19.9 Å². The van der Waals surface area contributed by atoms with Gasteiger partial charge in [0.25, 0.3) is 5.91 Å². The average Bonchev–Trinajstić information content (AvgIpc) is 2.81. The Hall–Kier alpha value is -2.82. The lowest BCUT2D eigenvalue weighted by atomic mass is 9.93. The van der Waals surface area contributed by atoms with Gasteiger partial charge in [0.1, 0.15) is 30.7 Å². The molecule has 32 heavy (non-hydrogen) atoms. The van der Waals surface area contributed by atoms with E-state index in [9.17, 15) is 20.1 Å². The molecule has 9 nitrogen and oxygen atoms in total. The molecule has 172 valence electrons. The second-order valence-corrected chi connectivity index (χ2v) is 7.70. The summed E-state index contributed by atoms with van der Waals surface area (Å²) in [5.74, 6) is 0.0349. The number of amides is 1. The fourth-order valence-corrected chi connectivity index (χ4v) is 3.41. The minimum absolute atomic E-state index is 0.191. The van der Waals surface area contributed by atoms with Crippen LogP contribution in [0, 0.1) is 13.8 Å². The lowest BCUT2D eigenvalue weighted by Crippen LogP contribution is -2.45. The van der Waals surface area contributed by atoms with Crippen molar-refractivity contribution >= 4 is 12.0 Å². The highest BCUT2D eigenvalue weighted by Crippen LogP contribution is 2.34. The predicted octanol–water partition coefficient (Wildman–Crippen LogP) is 0.731. The number of fused-ring (bicyclic) bond motifs is 1. The van der Waals surface area contributed by atoms with Gasteiger partial charge >= 0.3 is 0 Å². The SMILES string of the molecule is C=Cc1ccc(Cc2cc3c(c(C)c2C)OCN(OC[C@H](O)[C@@H](O)C(O)CO)C3=O)cn1. The number of aliphatic hydroxyl groups is 4. The number of benzene rings is 1. The topological polar surface area (TPSA) is 133 Å². The van der Waals surface area contributed by atoms with Crippen LogP contribution in [-0.4, -0.2) is 74.6 Å². The fourth-order valence-electron chi connectivity index (χ4n) is 3.41. The van der Waals surface area contributed by atoms with Crippen LogP contribution in [0.1, 0.15) is 38.3 Å². The molecule has 1 aromatic carbocycles. The van der Waals surface area contributed by atoms with Crippen molar-refractivity contribution in [1.82, 2.24) is 10.0 Å². The van der Waals surface area contributed by atoms with Crippen molar-refractivity contribution in [3.05, 3.63) is 64.5 Å². The van der Waals surface area contributed by atoms with E-state index in [1.807, 2.05) is 26.0 Å². The summed E-state index contributed by atoms with van der Waals surface area (Å²) >= 11 is 0. The molecule has 0 saturated heterocycles. The van der Waals surface area contributed by atoms with Crippen molar-refractivity contribution in [3.8, 4) is 5.75 Å². The van der Waals surface area contributed by atoms with Gasteiger partial charge in [0, 0.05) is 6.20 Å². The molecule has 0 bridgehead atoms. The van der Waals surface area contributed by atoms with E-state index in [0.717, 1.165) is 33.0 Å². The molecule has 0 fully saturated rings. The molecule has 1 amide bonds. The number of carbonyl (C=O) groups is 1. The van der Waals surface area contributed by atoms with E-state index < -0.39 is 37.4 Å². The highest BCUT2D eigenvalue weighted by Gasteiger charge is 2.31. The molecule has 2 heterocycles. The maximum atomic E-state index is 13.0. The Labute approximate surface area is 186 Å². The van der Waals surface area contributed by atoms with Crippen LogP contribution < -0.4 is 4.74 Å². The van der Waals surface area contributed by atoms with Crippen LogP contribution in [0.4, 0.5) is 0 Å². The minimum Gasteiger partial charge on any atom is -0.470 e. The van der Waals surface area contributed by atoms with Crippen LogP contribution in [0.3, 0.4) is 0 Å². The van der Waals surface area contributed by atoms with Gasteiger partial charge in [0.15, 0.2) is 6.73 Å². The molecular weight excluding hydrogens is 416 g/mol. The van der Waals surface area contributed by atoms with E-state index in [1.54, 1.807) is 18.3 Å². The van der Waals surface area contributed by atoms with Crippen molar-refractivity contribution in [3.63, 3.8) is 0 Å². The van der Waals surface area contributed by atoms with Crippen LogP contribution in [0.15, 0.2) is 31.0 Å². The molecule has 3 atom stereocenters. The van der Waals surface area contributed by atoms with Crippen LogP contribution in [-0.2, 0) is 11.3 Å². The predicted molar refractivity (Wildman–Crippen MR) is 116 cm³/mol. The number of hydrogen-bond acceptors (Lipinski definition) is 8. The molecule has 1 aliphatic heterocycles. The Kier molecular flexibility index (Phi) is 7.60. The van der Waals surface area contributed by atoms with E-state index in [0.29, 0.717) is 17.7 Å².